The van der Waals surface area contributed by atoms with E-state index in [1.165, 1.54) is 11.8 Å². The monoisotopic (exact) mass is 272 g/mol. The predicted molar refractivity (Wildman–Crippen MR) is 70.4 cm³/mol. The summed E-state index contributed by atoms with van der Waals surface area (Å²) in [5.74, 6) is 0.837. The average molecular weight is 272 g/mol. The van der Waals surface area contributed by atoms with Crippen LogP contribution in [0.5, 0.6) is 0 Å². The molecule has 2 fully saturated rings. The number of nitrogens with one attached hydrogen (secondary N) is 1. The Hall–Kier alpha value is -0.750. The molecule has 0 aromatic carbocycles. The number of aliphatic hydroxyl groups excluding tert-OH is 1. The first-order chi connectivity index (χ1) is 8.65. The van der Waals surface area contributed by atoms with Crippen molar-refractivity contribution in [2.45, 2.75) is 25.7 Å². The van der Waals surface area contributed by atoms with Crippen LogP contribution in [-0.2, 0) is 4.79 Å². The molecule has 1 saturated heterocycles. The second-order valence-electron chi connectivity index (χ2n) is 5.10. The third kappa shape index (κ3) is 3.62. The number of carbonyl (C=O) groups is 2. The summed E-state index contributed by atoms with van der Waals surface area (Å²) >= 11 is 1.32. The molecular formula is C12H20N2O3S. The highest BCUT2D eigenvalue weighted by molar-refractivity contribution is 8.13. The summed E-state index contributed by atoms with van der Waals surface area (Å²) in [5.41, 5.74) is 0.156. The van der Waals surface area contributed by atoms with Crippen molar-refractivity contribution >= 4 is 22.9 Å². The lowest BCUT2D eigenvalue weighted by atomic mass is 10.0. The van der Waals surface area contributed by atoms with E-state index in [0.29, 0.717) is 19.5 Å². The van der Waals surface area contributed by atoms with Crippen LogP contribution in [0.1, 0.15) is 25.7 Å². The Labute approximate surface area is 111 Å². The first-order valence-corrected chi connectivity index (χ1v) is 7.43. The van der Waals surface area contributed by atoms with Crippen molar-refractivity contribution in [3.8, 4) is 0 Å². The van der Waals surface area contributed by atoms with Gasteiger partial charge < -0.3 is 15.3 Å². The molecule has 1 aliphatic heterocycles. The van der Waals surface area contributed by atoms with Crippen molar-refractivity contribution in [1.29, 1.82) is 0 Å². The van der Waals surface area contributed by atoms with Crippen molar-refractivity contribution in [1.82, 2.24) is 10.2 Å². The maximum Gasteiger partial charge on any atom is 0.281 e. The minimum absolute atomic E-state index is 0.00362. The van der Waals surface area contributed by atoms with Gasteiger partial charge in [-0.05, 0) is 24.7 Å². The fourth-order valence-electron chi connectivity index (χ4n) is 2.17. The van der Waals surface area contributed by atoms with E-state index in [2.05, 4.69) is 5.32 Å². The van der Waals surface area contributed by atoms with Crippen LogP contribution in [0, 0.1) is 5.41 Å². The molecule has 0 aromatic rings. The van der Waals surface area contributed by atoms with E-state index < -0.39 is 0 Å². The minimum atomic E-state index is 0.00362. The first-order valence-electron chi connectivity index (χ1n) is 6.44. The number of hydrogen-bond donors (Lipinski definition) is 2. The molecule has 1 heterocycles. The Bertz CT molecular complexity index is 331. The van der Waals surface area contributed by atoms with Crippen LogP contribution in [0.3, 0.4) is 0 Å². The number of rotatable bonds is 7. The van der Waals surface area contributed by atoms with E-state index in [4.69, 9.17) is 5.11 Å². The van der Waals surface area contributed by atoms with Gasteiger partial charge in [-0.1, -0.05) is 11.8 Å². The minimum Gasteiger partial charge on any atom is -0.396 e. The maximum atomic E-state index is 11.7. The highest BCUT2D eigenvalue weighted by Gasteiger charge is 2.41. The Kier molecular flexibility index (Phi) is 4.50. The van der Waals surface area contributed by atoms with Crippen molar-refractivity contribution in [2.75, 3.05) is 32.0 Å². The summed E-state index contributed by atoms with van der Waals surface area (Å²) < 4.78 is 0. The van der Waals surface area contributed by atoms with Crippen LogP contribution in [-0.4, -0.2) is 53.1 Å². The van der Waals surface area contributed by atoms with Crippen LogP contribution in [0.4, 0.5) is 4.79 Å². The number of carbonyl (C=O) groups excluding carboxylic acids is 2. The molecular weight excluding hydrogens is 252 g/mol. The van der Waals surface area contributed by atoms with Gasteiger partial charge >= 0.3 is 0 Å². The number of nitrogens with zero attached hydrogens (tertiary/aromatic N) is 1. The Morgan fingerprint density at radius 1 is 1.50 bits per heavy atom. The molecule has 2 N–H and O–H groups in total. The maximum absolute atomic E-state index is 11.7. The van der Waals surface area contributed by atoms with Gasteiger partial charge in [0.15, 0.2) is 0 Å². The van der Waals surface area contributed by atoms with E-state index >= 15 is 0 Å². The van der Waals surface area contributed by atoms with Gasteiger partial charge in [0.1, 0.15) is 0 Å². The average Bonchev–Trinajstić information content (AvgIpc) is 3.00. The molecule has 5 nitrogen and oxygen atoms in total. The van der Waals surface area contributed by atoms with Crippen molar-refractivity contribution in [2.24, 2.45) is 5.41 Å². The summed E-state index contributed by atoms with van der Waals surface area (Å²) in [6.07, 6.45) is 3.33. The van der Waals surface area contributed by atoms with E-state index in [1.54, 1.807) is 4.90 Å². The zero-order valence-electron chi connectivity index (χ0n) is 10.5. The zero-order chi connectivity index (χ0) is 13.0. The molecule has 18 heavy (non-hydrogen) atoms. The Balaban J connectivity index is 1.62. The summed E-state index contributed by atoms with van der Waals surface area (Å²) in [6, 6.07) is 0. The largest absolute Gasteiger partial charge is 0.396 e. The quantitative estimate of drug-likeness (QED) is 0.720. The fraction of sp³-hybridized carbons (Fsp3) is 0.833. The lowest BCUT2D eigenvalue weighted by molar-refractivity contribution is -0.121. The lowest BCUT2D eigenvalue weighted by Crippen LogP contribution is -2.34. The van der Waals surface area contributed by atoms with Gasteiger partial charge in [-0.15, -0.1) is 0 Å². The van der Waals surface area contributed by atoms with E-state index in [-0.39, 0.29) is 23.2 Å². The van der Waals surface area contributed by atoms with E-state index in [0.717, 1.165) is 31.6 Å². The van der Waals surface area contributed by atoms with Gasteiger partial charge in [0.2, 0.25) is 5.91 Å². The molecule has 0 atom stereocenters. The molecule has 0 bridgehead atoms. The smallest absolute Gasteiger partial charge is 0.281 e. The highest BCUT2D eigenvalue weighted by atomic mass is 32.2. The number of thioether (sulfide) groups is 1. The summed E-state index contributed by atoms with van der Waals surface area (Å²) in [5, 5.41) is 11.9. The molecule has 102 valence electrons. The predicted octanol–water partition coefficient (Wildman–Crippen LogP) is 0.824. The fourth-order valence-corrected chi connectivity index (χ4v) is 3.02. The molecule has 1 aliphatic carbocycles. The van der Waals surface area contributed by atoms with Crippen LogP contribution in [0.2, 0.25) is 0 Å². The lowest BCUT2D eigenvalue weighted by Gasteiger charge is -2.16. The van der Waals surface area contributed by atoms with Crippen LogP contribution in [0.15, 0.2) is 0 Å². The summed E-state index contributed by atoms with van der Waals surface area (Å²) in [6.45, 7) is 2.13. The number of hydrogen-bond acceptors (Lipinski definition) is 4. The van der Waals surface area contributed by atoms with E-state index in [1.807, 2.05) is 0 Å². The van der Waals surface area contributed by atoms with Crippen LogP contribution in [0.25, 0.3) is 0 Å². The molecule has 0 spiro atoms. The van der Waals surface area contributed by atoms with Gasteiger partial charge in [0, 0.05) is 38.4 Å². The Morgan fingerprint density at radius 2 is 2.28 bits per heavy atom. The van der Waals surface area contributed by atoms with Gasteiger partial charge in [0.05, 0.1) is 0 Å². The summed E-state index contributed by atoms with van der Waals surface area (Å²) in [4.78, 5) is 24.7. The molecule has 2 aliphatic rings. The Morgan fingerprint density at radius 3 is 2.83 bits per heavy atom. The van der Waals surface area contributed by atoms with Gasteiger partial charge in [-0.25, -0.2) is 0 Å². The van der Waals surface area contributed by atoms with Gasteiger partial charge in [-0.2, -0.15) is 0 Å². The van der Waals surface area contributed by atoms with Crippen molar-refractivity contribution < 1.29 is 14.7 Å². The zero-order valence-corrected chi connectivity index (χ0v) is 11.3. The summed E-state index contributed by atoms with van der Waals surface area (Å²) in [7, 11) is 0. The number of aliphatic hydroxyl groups is 1. The van der Waals surface area contributed by atoms with Crippen molar-refractivity contribution in [3.05, 3.63) is 0 Å². The second-order valence-corrected chi connectivity index (χ2v) is 6.15. The first kappa shape index (κ1) is 13.7. The molecule has 2 rings (SSSR count). The van der Waals surface area contributed by atoms with E-state index in [9.17, 15) is 9.59 Å². The highest BCUT2D eigenvalue weighted by Crippen LogP contribution is 2.47. The molecule has 2 amide bonds. The van der Waals surface area contributed by atoms with Gasteiger partial charge in [-0.3, -0.25) is 9.59 Å². The molecule has 0 unspecified atom stereocenters. The van der Waals surface area contributed by atoms with Crippen molar-refractivity contribution in [3.63, 3.8) is 0 Å². The topological polar surface area (TPSA) is 69.6 Å². The third-order valence-corrected chi connectivity index (χ3v) is 4.61. The second kappa shape index (κ2) is 5.93. The van der Waals surface area contributed by atoms with Gasteiger partial charge in [0.25, 0.3) is 5.24 Å². The molecule has 6 heteroatoms. The number of amides is 2. The third-order valence-electron chi connectivity index (χ3n) is 3.71. The van der Waals surface area contributed by atoms with Crippen LogP contribution < -0.4 is 5.32 Å². The SMILES string of the molecule is O=C(CCN1CCSC1=O)NCC1(CCO)CC1. The molecule has 0 aromatic heterocycles. The molecule has 0 radical (unpaired) electrons. The van der Waals surface area contributed by atoms with Crippen LogP contribution >= 0.6 is 11.8 Å². The standard InChI is InChI=1S/C12H20N2O3S/c15-7-4-12(2-3-12)9-13-10(16)1-5-14-6-8-18-11(14)17/h15H,1-9H2,(H,13,16). The normalized spacial score (nSPS) is 21.2. The molecule has 1 saturated carbocycles.